The number of hydrogen-bond donors (Lipinski definition) is 0. The average Bonchev–Trinajstić information content (AvgIpc) is 3.59. The normalized spacial score (nSPS) is 22.5. The van der Waals surface area contributed by atoms with Crippen molar-refractivity contribution in [2.45, 2.75) is 71.6 Å². The summed E-state index contributed by atoms with van der Waals surface area (Å²) in [5.74, 6) is -0.395. The molecule has 0 saturated heterocycles. The van der Waals surface area contributed by atoms with Crippen LogP contribution in [0.1, 0.15) is 83.8 Å². The highest BCUT2D eigenvalue weighted by atomic mass is 32.2. The molecule has 0 spiro atoms. The smallest absolute Gasteiger partial charge is 0.261 e. The summed E-state index contributed by atoms with van der Waals surface area (Å²) in [6.45, 7) is 5.09. The lowest BCUT2D eigenvalue weighted by atomic mass is 10.1. The second-order valence-corrected chi connectivity index (χ2v) is 13.9. The molecule has 0 N–H and O–H groups in total. The van der Waals surface area contributed by atoms with Crippen LogP contribution in [0.4, 0.5) is 0 Å². The number of rotatable bonds is 6. The Kier molecular flexibility index (Phi) is 6.73. The first kappa shape index (κ1) is 24.9. The van der Waals surface area contributed by atoms with E-state index in [9.17, 15) is 19.8 Å². The standard InChI is InChI=1S/C26H24N2O4S4/c1-3-5-7-27-21(29)13-9-17-18(10-14(13)22(27)30)34-25(33-17)26-35-19-11-15-16(12-20(19)36-26)24(32)28(23(15)31)8-6-4-2/h9-12,21-22H,3-8H2,1-2H3/q-1. The van der Waals surface area contributed by atoms with Gasteiger partial charge >= 0.3 is 0 Å². The fourth-order valence-corrected chi connectivity index (χ4v) is 10.2. The third kappa shape index (κ3) is 3.97. The van der Waals surface area contributed by atoms with E-state index in [-0.39, 0.29) is 11.8 Å². The Hall–Kier alpha value is -1.40. The summed E-state index contributed by atoms with van der Waals surface area (Å²) in [4.78, 5) is 32.6. The van der Waals surface area contributed by atoms with Crippen molar-refractivity contribution in [3.05, 3.63) is 55.0 Å². The van der Waals surface area contributed by atoms with Crippen LogP contribution in [0.15, 0.2) is 52.3 Å². The highest BCUT2D eigenvalue weighted by molar-refractivity contribution is 8.30. The Morgan fingerprint density at radius 3 is 1.75 bits per heavy atom. The molecule has 4 heterocycles. The molecule has 4 aliphatic rings. The van der Waals surface area contributed by atoms with Gasteiger partial charge in [0.05, 0.1) is 19.6 Å². The summed E-state index contributed by atoms with van der Waals surface area (Å²) in [6, 6.07) is 7.56. The fraction of sp³-hybridized carbons (Fsp3) is 0.385. The molecule has 2 aromatic rings. The lowest BCUT2D eigenvalue weighted by Crippen LogP contribution is -2.34. The number of amides is 2. The van der Waals surface area contributed by atoms with E-state index in [2.05, 4.69) is 6.92 Å². The lowest BCUT2D eigenvalue weighted by molar-refractivity contribution is -0.471. The first-order valence-electron chi connectivity index (χ1n) is 12.2. The molecule has 0 aliphatic carbocycles. The molecule has 2 amide bonds. The van der Waals surface area contributed by atoms with Gasteiger partial charge in [0.2, 0.25) is 0 Å². The van der Waals surface area contributed by atoms with Crippen molar-refractivity contribution in [1.29, 1.82) is 0 Å². The minimum Gasteiger partial charge on any atom is -0.837 e. The quantitative estimate of drug-likeness (QED) is 0.389. The van der Waals surface area contributed by atoms with Gasteiger partial charge in [-0.05, 0) is 48.9 Å². The minimum absolute atomic E-state index is 0.197. The molecule has 6 rings (SSSR count). The van der Waals surface area contributed by atoms with E-state index in [1.807, 2.05) is 31.2 Å². The molecule has 36 heavy (non-hydrogen) atoms. The minimum atomic E-state index is -1.10. The summed E-state index contributed by atoms with van der Waals surface area (Å²) in [6.07, 6.45) is 1.32. The average molecular weight is 557 g/mol. The lowest BCUT2D eigenvalue weighted by Gasteiger charge is -2.31. The molecule has 2 aromatic carbocycles. The summed E-state index contributed by atoms with van der Waals surface area (Å²) in [7, 11) is 0. The van der Waals surface area contributed by atoms with Gasteiger partial charge in [-0.2, -0.15) is 0 Å². The maximum atomic E-state index is 12.9. The zero-order chi connectivity index (χ0) is 25.1. The number of carbonyl (C=O) groups is 2. The largest absolute Gasteiger partial charge is 0.837 e. The van der Waals surface area contributed by atoms with Crippen molar-refractivity contribution in [2.75, 3.05) is 13.1 Å². The topological polar surface area (TPSA) is 83.6 Å². The molecule has 4 aliphatic heterocycles. The van der Waals surface area contributed by atoms with Gasteiger partial charge in [-0.25, -0.2) is 5.11 Å². The van der Waals surface area contributed by atoms with E-state index >= 15 is 0 Å². The molecule has 10 heteroatoms. The van der Waals surface area contributed by atoms with Crippen molar-refractivity contribution in [2.24, 2.45) is 0 Å². The van der Waals surface area contributed by atoms with Gasteiger partial charge in [-0.1, -0.05) is 73.7 Å². The van der Waals surface area contributed by atoms with Gasteiger partial charge in [0.15, 0.2) is 6.23 Å². The van der Waals surface area contributed by atoms with Crippen LogP contribution in [0, 0.1) is 0 Å². The molecule has 2 unspecified atom stereocenters. The van der Waals surface area contributed by atoms with Gasteiger partial charge in [0.25, 0.3) is 11.8 Å². The second-order valence-electron chi connectivity index (χ2n) is 9.17. The number of nitrogens with zero attached hydrogens (tertiary/aromatic N) is 2. The van der Waals surface area contributed by atoms with Crippen LogP contribution in [0.2, 0.25) is 0 Å². The second kappa shape index (κ2) is 9.72. The zero-order valence-electron chi connectivity index (χ0n) is 19.9. The number of benzene rings is 2. The van der Waals surface area contributed by atoms with E-state index in [0.717, 1.165) is 53.7 Å². The first-order valence-corrected chi connectivity index (χ1v) is 15.4. The Morgan fingerprint density at radius 1 is 0.750 bits per heavy atom. The number of hydrogen-bond acceptors (Lipinski definition) is 8. The number of unbranched alkanes of at least 4 members (excludes halogenated alkanes) is 2. The van der Waals surface area contributed by atoms with Gasteiger partial charge in [-0.3, -0.25) is 19.4 Å². The van der Waals surface area contributed by atoms with E-state index in [0.29, 0.717) is 35.3 Å². The molecule has 2 atom stereocenters. The molecule has 1 radical (unpaired) electrons. The molecule has 0 bridgehead atoms. The molecule has 6 nitrogen and oxygen atoms in total. The highest BCUT2D eigenvalue weighted by Gasteiger charge is 2.39. The van der Waals surface area contributed by atoms with Crippen molar-refractivity contribution in [1.82, 2.24) is 9.80 Å². The SMILES string of the molecule is CCCCN1C(=O)c2cc3c(cc2C1=O)SC(=C1Sc2cc4c(cc2S1)C([O-])N(CCCC)C4[O])S3. The van der Waals surface area contributed by atoms with Gasteiger partial charge in [-0.15, -0.1) is 0 Å². The van der Waals surface area contributed by atoms with Crippen molar-refractivity contribution >= 4 is 58.9 Å². The van der Waals surface area contributed by atoms with E-state index < -0.39 is 12.5 Å². The Balaban J connectivity index is 1.23. The van der Waals surface area contributed by atoms with Crippen molar-refractivity contribution < 1.29 is 19.8 Å². The molecule has 187 valence electrons. The summed E-state index contributed by atoms with van der Waals surface area (Å²) in [5.41, 5.74) is 2.22. The van der Waals surface area contributed by atoms with E-state index in [4.69, 9.17) is 0 Å². The molecule has 0 fully saturated rings. The van der Waals surface area contributed by atoms with Crippen LogP contribution in [-0.2, 0) is 5.11 Å². The van der Waals surface area contributed by atoms with Crippen LogP contribution in [0.3, 0.4) is 0 Å². The summed E-state index contributed by atoms with van der Waals surface area (Å²) < 4.78 is 2.21. The van der Waals surface area contributed by atoms with Crippen LogP contribution in [0.5, 0.6) is 0 Å². The Morgan fingerprint density at radius 2 is 1.22 bits per heavy atom. The van der Waals surface area contributed by atoms with Gasteiger partial charge in [0, 0.05) is 38.2 Å². The zero-order valence-corrected chi connectivity index (χ0v) is 23.1. The van der Waals surface area contributed by atoms with Crippen LogP contribution >= 0.6 is 47.0 Å². The molecule has 0 aromatic heterocycles. The van der Waals surface area contributed by atoms with Crippen LogP contribution in [-0.4, -0.2) is 34.7 Å². The van der Waals surface area contributed by atoms with Crippen molar-refractivity contribution in [3.63, 3.8) is 0 Å². The number of thioether (sulfide) groups is 4. The molecule has 0 saturated carbocycles. The summed E-state index contributed by atoms with van der Waals surface area (Å²) >= 11 is 6.50. The number of fused-ring (bicyclic) bond motifs is 4. The third-order valence-electron chi connectivity index (χ3n) is 6.80. The Labute approximate surface area is 227 Å². The number of imide groups is 1. The van der Waals surface area contributed by atoms with Crippen LogP contribution in [0.25, 0.3) is 0 Å². The number of carbonyl (C=O) groups excluding carboxylic acids is 2. The fourth-order valence-electron chi connectivity index (χ4n) is 4.82. The molecular formula is C26H24N2O4S4-. The monoisotopic (exact) mass is 556 g/mol. The predicted octanol–water partition coefficient (Wildman–Crippen LogP) is 6.21. The summed E-state index contributed by atoms with van der Waals surface area (Å²) in [5, 5.41) is 25.9. The van der Waals surface area contributed by atoms with E-state index in [1.165, 1.54) is 9.80 Å². The first-order chi connectivity index (χ1) is 17.4. The van der Waals surface area contributed by atoms with Crippen molar-refractivity contribution in [3.8, 4) is 0 Å². The maximum Gasteiger partial charge on any atom is 0.261 e. The van der Waals surface area contributed by atoms with Gasteiger partial charge in [0.1, 0.15) is 0 Å². The highest BCUT2D eigenvalue weighted by Crippen LogP contribution is 2.62. The third-order valence-corrected chi connectivity index (χ3v) is 12.4. The van der Waals surface area contributed by atoms with E-state index in [1.54, 1.807) is 47.0 Å². The molecular weight excluding hydrogens is 533 g/mol. The van der Waals surface area contributed by atoms with Crippen LogP contribution < -0.4 is 5.11 Å². The maximum absolute atomic E-state index is 12.9. The van der Waals surface area contributed by atoms with Gasteiger partial charge < -0.3 is 5.11 Å². The predicted molar refractivity (Wildman–Crippen MR) is 141 cm³/mol. The Bertz CT molecular complexity index is 1240.